The summed E-state index contributed by atoms with van der Waals surface area (Å²) in [4.78, 5) is 15.6. The van der Waals surface area contributed by atoms with Crippen LogP contribution in [0.3, 0.4) is 0 Å². The van der Waals surface area contributed by atoms with Crippen LogP contribution in [0.5, 0.6) is 0 Å². The van der Waals surface area contributed by atoms with Gasteiger partial charge in [-0.15, -0.1) is 0 Å². The van der Waals surface area contributed by atoms with Crippen LogP contribution in [-0.4, -0.2) is 17.4 Å². The summed E-state index contributed by atoms with van der Waals surface area (Å²) < 4.78 is 0.571. The molecule has 3 N–H and O–H groups in total. The minimum Gasteiger partial charge on any atom is -0.330 e. The Kier molecular flexibility index (Phi) is 5.88. The molecule has 1 aromatic heterocycles. The summed E-state index contributed by atoms with van der Waals surface area (Å²) in [6.45, 7) is 2.61. The van der Waals surface area contributed by atoms with Gasteiger partial charge in [0, 0.05) is 12.6 Å². The lowest BCUT2D eigenvalue weighted by Crippen LogP contribution is -2.16. The predicted molar refractivity (Wildman–Crippen MR) is 73.0 cm³/mol. The Bertz CT molecular complexity index is 400. The number of carbonyl (C=O) groups is 1. The van der Waals surface area contributed by atoms with Crippen LogP contribution in [-0.2, 0) is 4.79 Å². The standard InChI is InChI=1S/C11H15BrClN3O/c1-7(5-14)2-3-10(17)16-9-4-8(13)6-15-11(9)12/h4,6-7H,2-3,5,14H2,1H3,(H,16,17). The lowest BCUT2D eigenvalue weighted by molar-refractivity contribution is -0.116. The van der Waals surface area contributed by atoms with Crippen molar-refractivity contribution in [3.63, 3.8) is 0 Å². The topological polar surface area (TPSA) is 68.0 Å². The third kappa shape index (κ3) is 5.02. The molecule has 0 aliphatic rings. The van der Waals surface area contributed by atoms with Crippen molar-refractivity contribution in [2.24, 2.45) is 11.7 Å². The van der Waals surface area contributed by atoms with Gasteiger partial charge in [-0.2, -0.15) is 0 Å². The molecule has 0 radical (unpaired) electrons. The highest BCUT2D eigenvalue weighted by molar-refractivity contribution is 9.10. The van der Waals surface area contributed by atoms with Crippen molar-refractivity contribution in [2.75, 3.05) is 11.9 Å². The first-order chi connectivity index (χ1) is 8.02. The van der Waals surface area contributed by atoms with Crippen molar-refractivity contribution in [1.82, 2.24) is 4.98 Å². The Hall–Kier alpha value is -0.650. The Morgan fingerprint density at radius 2 is 2.41 bits per heavy atom. The van der Waals surface area contributed by atoms with Gasteiger partial charge < -0.3 is 11.1 Å². The molecule has 0 bridgehead atoms. The number of pyridine rings is 1. The molecular formula is C11H15BrClN3O. The highest BCUT2D eigenvalue weighted by atomic mass is 79.9. The Labute approximate surface area is 114 Å². The van der Waals surface area contributed by atoms with Crippen molar-refractivity contribution >= 4 is 39.1 Å². The lowest BCUT2D eigenvalue weighted by Gasteiger charge is -2.09. The molecule has 0 spiro atoms. The maximum absolute atomic E-state index is 11.7. The fourth-order valence-corrected chi connectivity index (χ4v) is 1.69. The van der Waals surface area contributed by atoms with E-state index in [-0.39, 0.29) is 5.91 Å². The van der Waals surface area contributed by atoms with Crippen LogP contribution in [0, 0.1) is 5.92 Å². The summed E-state index contributed by atoms with van der Waals surface area (Å²) in [5.74, 6) is 0.289. The minimum atomic E-state index is -0.0601. The quantitative estimate of drug-likeness (QED) is 0.820. The summed E-state index contributed by atoms with van der Waals surface area (Å²) in [5.41, 5.74) is 6.07. The lowest BCUT2D eigenvalue weighted by atomic mass is 10.1. The normalized spacial score (nSPS) is 12.2. The van der Waals surface area contributed by atoms with Crippen LogP contribution >= 0.6 is 27.5 Å². The molecule has 1 heterocycles. The molecule has 0 saturated heterocycles. The monoisotopic (exact) mass is 319 g/mol. The number of hydrogen-bond acceptors (Lipinski definition) is 3. The molecule has 1 unspecified atom stereocenters. The van der Waals surface area contributed by atoms with E-state index in [1.165, 1.54) is 6.20 Å². The number of amides is 1. The molecule has 0 aromatic carbocycles. The molecule has 17 heavy (non-hydrogen) atoms. The molecule has 0 fully saturated rings. The molecule has 1 atom stereocenters. The second-order valence-electron chi connectivity index (χ2n) is 3.92. The van der Waals surface area contributed by atoms with E-state index in [0.717, 1.165) is 6.42 Å². The minimum absolute atomic E-state index is 0.0601. The number of halogens is 2. The Morgan fingerprint density at radius 3 is 3.06 bits per heavy atom. The van der Waals surface area contributed by atoms with Crippen molar-refractivity contribution < 1.29 is 4.79 Å². The summed E-state index contributed by atoms with van der Waals surface area (Å²) in [7, 11) is 0. The van der Waals surface area contributed by atoms with Crippen molar-refractivity contribution in [3.05, 3.63) is 21.9 Å². The van der Waals surface area contributed by atoms with Crippen LogP contribution in [0.2, 0.25) is 5.02 Å². The SMILES string of the molecule is CC(CN)CCC(=O)Nc1cc(Cl)cnc1Br. The average molecular weight is 321 g/mol. The van der Waals surface area contributed by atoms with Gasteiger partial charge in [-0.1, -0.05) is 18.5 Å². The smallest absolute Gasteiger partial charge is 0.224 e. The second kappa shape index (κ2) is 6.93. The van der Waals surface area contributed by atoms with E-state index < -0.39 is 0 Å². The van der Waals surface area contributed by atoms with Crippen LogP contribution in [0.4, 0.5) is 5.69 Å². The van der Waals surface area contributed by atoms with Gasteiger partial charge in [0.15, 0.2) is 0 Å². The molecule has 6 heteroatoms. The van der Waals surface area contributed by atoms with Gasteiger partial charge in [0.05, 0.1) is 10.7 Å². The molecule has 1 amide bonds. The predicted octanol–water partition coefficient (Wildman–Crippen LogP) is 2.81. The van der Waals surface area contributed by atoms with Gasteiger partial charge in [-0.05, 0) is 40.9 Å². The largest absolute Gasteiger partial charge is 0.330 e. The van der Waals surface area contributed by atoms with E-state index in [0.29, 0.717) is 34.2 Å². The molecular weight excluding hydrogens is 305 g/mol. The molecule has 0 aliphatic carbocycles. The van der Waals surface area contributed by atoms with Gasteiger partial charge in [0.2, 0.25) is 5.91 Å². The zero-order valence-corrected chi connectivity index (χ0v) is 11.9. The fourth-order valence-electron chi connectivity index (χ4n) is 1.22. The Morgan fingerprint density at radius 1 is 1.71 bits per heavy atom. The molecule has 1 rings (SSSR count). The second-order valence-corrected chi connectivity index (χ2v) is 5.11. The molecule has 0 saturated carbocycles. The number of nitrogens with two attached hydrogens (primary N) is 1. The summed E-state index contributed by atoms with van der Waals surface area (Å²) in [6.07, 6.45) is 2.73. The number of nitrogens with zero attached hydrogens (tertiary/aromatic N) is 1. The van der Waals surface area contributed by atoms with Crippen molar-refractivity contribution in [3.8, 4) is 0 Å². The highest BCUT2D eigenvalue weighted by Gasteiger charge is 2.09. The zero-order chi connectivity index (χ0) is 12.8. The molecule has 4 nitrogen and oxygen atoms in total. The van der Waals surface area contributed by atoms with Crippen molar-refractivity contribution in [1.29, 1.82) is 0 Å². The van der Waals surface area contributed by atoms with Gasteiger partial charge in [-0.3, -0.25) is 4.79 Å². The fraction of sp³-hybridized carbons (Fsp3) is 0.455. The number of anilines is 1. The van der Waals surface area contributed by atoms with E-state index in [1.807, 2.05) is 6.92 Å². The van der Waals surface area contributed by atoms with Gasteiger partial charge >= 0.3 is 0 Å². The number of nitrogens with one attached hydrogen (secondary N) is 1. The summed E-state index contributed by atoms with van der Waals surface area (Å²) in [5, 5.41) is 3.24. The van der Waals surface area contributed by atoms with Crippen LogP contribution in [0.15, 0.2) is 16.9 Å². The first-order valence-corrected chi connectivity index (χ1v) is 6.51. The maximum Gasteiger partial charge on any atom is 0.224 e. The van der Waals surface area contributed by atoms with Gasteiger partial charge in [-0.25, -0.2) is 4.98 Å². The molecule has 94 valence electrons. The molecule has 1 aromatic rings. The summed E-state index contributed by atoms with van der Waals surface area (Å²) >= 11 is 9.05. The summed E-state index contributed by atoms with van der Waals surface area (Å²) in [6, 6.07) is 1.66. The average Bonchev–Trinajstić information content (AvgIpc) is 2.30. The van der Waals surface area contributed by atoms with E-state index >= 15 is 0 Å². The van der Waals surface area contributed by atoms with E-state index in [1.54, 1.807) is 6.07 Å². The number of hydrogen-bond donors (Lipinski definition) is 2. The first-order valence-electron chi connectivity index (χ1n) is 5.34. The maximum atomic E-state index is 11.7. The van der Waals surface area contributed by atoms with E-state index in [4.69, 9.17) is 17.3 Å². The molecule has 0 aliphatic heterocycles. The highest BCUT2D eigenvalue weighted by Crippen LogP contribution is 2.23. The third-order valence-corrected chi connectivity index (χ3v) is 3.18. The van der Waals surface area contributed by atoms with E-state index in [2.05, 4.69) is 26.2 Å². The van der Waals surface area contributed by atoms with Crippen molar-refractivity contribution in [2.45, 2.75) is 19.8 Å². The number of carbonyl (C=O) groups excluding carboxylic acids is 1. The zero-order valence-electron chi connectivity index (χ0n) is 9.54. The third-order valence-electron chi connectivity index (χ3n) is 2.35. The van der Waals surface area contributed by atoms with Crippen LogP contribution in [0.1, 0.15) is 19.8 Å². The van der Waals surface area contributed by atoms with Crippen LogP contribution in [0.25, 0.3) is 0 Å². The Balaban J connectivity index is 2.53. The number of rotatable bonds is 5. The van der Waals surface area contributed by atoms with E-state index in [9.17, 15) is 4.79 Å². The van der Waals surface area contributed by atoms with Gasteiger partial charge in [0.25, 0.3) is 0 Å². The van der Waals surface area contributed by atoms with Crippen LogP contribution < -0.4 is 11.1 Å². The first kappa shape index (κ1) is 14.4. The van der Waals surface area contributed by atoms with Gasteiger partial charge in [0.1, 0.15) is 4.60 Å². The number of aromatic nitrogens is 1.